The van der Waals surface area contributed by atoms with Crippen molar-refractivity contribution < 1.29 is 9.69 Å². The molecular formula is C22H25ClN5O+. The Balaban J connectivity index is 1.41. The van der Waals surface area contributed by atoms with Gasteiger partial charge in [-0.05, 0) is 24.6 Å². The van der Waals surface area contributed by atoms with Gasteiger partial charge < -0.3 is 9.80 Å². The van der Waals surface area contributed by atoms with Gasteiger partial charge in [-0.25, -0.2) is 4.68 Å². The topological polar surface area (TPSA) is 55.5 Å². The number of carbonyl (C=O) groups excluding carboxylic acids is 1. The fourth-order valence-electron chi connectivity index (χ4n) is 3.81. The molecule has 1 N–H and O–H groups in total. The number of quaternary nitrogens is 1. The number of pyridine rings is 1. The van der Waals surface area contributed by atoms with Crippen molar-refractivity contribution in [2.24, 2.45) is 0 Å². The second kappa shape index (κ2) is 8.76. The molecule has 1 aliphatic rings. The average Bonchev–Trinajstić information content (AvgIpc) is 3.02. The quantitative estimate of drug-likeness (QED) is 0.698. The number of piperazine rings is 1. The summed E-state index contributed by atoms with van der Waals surface area (Å²) in [5.41, 5.74) is 3.59. The first kappa shape index (κ1) is 19.6. The van der Waals surface area contributed by atoms with Gasteiger partial charge in [-0.2, -0.15) is 5.10 Å². The molecule has 0 bridgehead atoms. The normalized spacial score (nSPS) is 14.9. The third-order valence-corrected chi connectivity index (χ3v) is 5.80. The number of benzene rings is 1. The number of nitrogens with one attached hydrogen (secondary N) is 1. The molecule has 0 radical (unpaired) electrons. The van der Waals surface area contributed by atoms with Crippen molar-refractivity contribution in [3.63, 3.8) is 0 Å². The predicted octanol–water partition coefficient (Wildman–Crippen LogP) is 1.83. The summed E-state index contributed by atoms with van der Waals surface area (Å²) in [4.78, 5) is 20.6. The summed E-state index contributed by atoms with van der Waals surface area (Å²) in [6.07, 6.45) is 3.65. The van der Waals surface area contributed by atoms with E-state index in [-0.39, 0.29) is 5.91 Å². The molecule has 29 heavy (non-hydrogen) atoms. The Kier molecular flexibility index (Phi) is 5.92. The second-order valence-electron chi connectivity index (χ2n) is 7.47. The summed E-state index contributed by atoms with van der Waals surface area (Å²) in [6.45, 7) is 6.64. The minimum absolute atomic E-state index is 0.0187. The maximum Gasteiger partial charge on any atom is 0.259 e. The molecule has 0 atom stereocenters. The van der Waals surface area contributed by atoms with Crippen LogP contribution in [0.1, 0.15) is 27.2 Å². The second-order valence-corrected chi connectivity index (χ2v) is 7.83. The van der Waals surface area contributed by atoms with E-state index >= 15 is 0 Å². The molecule has 1 aromatic carbocycles. The van der Waals surface area contributed by atoms with Gasteiger partial charge in [0, 0.05) is 18.0 Å². The van der Waals surface area contributed by atoms with Crippen LogP contribution in [0.2, 0.25) is 5.15 Å². The van der Waals surface area contributed by atoms with Crippen molar-refractivity contribution in [2.45, 2.75) is 20.0 Å². The lowest BCUT2D eigenvalue weighted by Gasteiger charge is -2.32. The van der Waals surface area contributed by atoms with E-state index in [9.17, 15) is 4.79 Å². The minimum atomic E-state index is -0.0187. The first-order valence-corrected chi connectivity index (χ1v) is 10.3. The lowest BCUT2D eigenvalue weighted by molar-refractivity contribution is -0.917. The maximum atomic E-state index is 13.1. The highest BCUT2D eigenvalue weighted by molar-refractivity contribution is 6.33. The molecule has 0 saturated carbocycles. The third kappa shape index (κ3) is 4.49. The molecule has 6 nitrogen and oxygen atoms in total. The highest BCUT2D eigenvalue weighted by Crippen LogP contribution is 2.22. The van der Waals surface area contributed by atoms with E-state index < -0.39 is 0 Å². The summed E-state index contributed by atoms with van der Waals surface area (Å²) in [5.74, 6) is -0.0187. The number of aromatic nitrogens is 3. The molecule has 0 spiro atoms. The Labute approximate surface area is 175 Å². The molecule has 3 aromatic rings. The smallest absolute Gasteiger partial charge is 0.259 e. The van der Waals surface area contributed by atoms with Gasteiger partial charge in [0.25, 0.3) is 5.91 Å². The summed E-state index contributed by atoms with van der Waals surface area (Å²) in [6, 6.07) is 14.1. The molecule has 1 aliphatic heterocycles. The highest BCUT2D eigenvalue weighted by Gasteiger charge is 2.29. The van der Waals surface area contributed by atoms with Crippen LogP contribution < -0.4 is 4.90 Å². The summed E-state index contributed by atoms with van der Waals surface area (Å²) in [5, 5.41) is 4.94. The average molecular weight is 411 g/mol. The van der Waals surface area contributed by atoms with Crippen LogP contribution in [-0.2, 0) is 13.1 Å². The zero-order valence-electron chi connectivity index (χ0n) is 16.5. The lowest BCUT2D eigenvalue weighted by Crippen LogP contribution is -3.13. The Morgan fingerprint density at radius 2 is 1.76 bits per heavy atom. The Bertz CT molecular complexity index is 966. The van der Waals surface area contributed by atoms with Crippen molar-refractivity contribution >= 4 is 17.5 Å². The molecular weight excluding hydrogens is 386 g/mol. The van der Waals surface area contributed by atoms with Gasteiger partial charge in [0.1, 0.15) is 11.7 Å². The van der Waals surface area contributed by atoms with Crippen molar-refractivity contribution in [3.8, 4) is 0 Å². The summed E-state index contributed by atoms with van der Waals surface area (Å²) >= 11 is 6.57. The zero-order chi connectivity index (χ0) is 20.2. The zero-order valence-corrected chi connectivity index (χ0v) is 17.3. The summed E-state index contributed by atoms with van der Waals surface area (Å²) in [7, 11) is 0. The van der Waals surface area contributed by atoms with Crippen LogP contribution in [0.25, 0.3) is 0 Å². The summed E-state index contributed by atoms with van der Waals surface area (Å²) < 4.78 is 1.71. The van der Waals surface area contributed by atoms with Crippen LogP contribution in [0.15, 0.2) is 54.9 Å². The third-order valence-electron chi connectivity index (χ3n) is 5.42. The Hall–Kier alpha value is -2.70. The van der Waals surface area contributed by atoms with Gasteiger partial charge in [0.2, 0.25) is 0 Å². The van der Waals surface area contributed by atoms with E-state index in [4.69, 9.17) is 11.6 Å². The van der Waals surface area contributed by atoms with Crippen LogP contribution in [-0.4, -0.2) is 51.8 Å². The molecule has 1 fully saturated rings. The number of aryl methyl sites for hydroxylation is 1. The van der Waals surface area contributed by atoms with Gasteiger partial charge in [-0.3, -0.25) is 9.78 Å². The van der Waals surface area contributed by atoms with Crippen LogP contribution in [0.5, 0.6) is 0 Å². The molecule has 4 rings (SSSR count). The minimum Gasteiger partial charge on any atom is -0.328 e. The van der Waals surface area contributed by atoms with Crippen molar-refractivity contribution in [1.29, 1.82) is 0 Å². The SMILES string of the molecule is Cc1nn(Cc2ccccc2)c(Cl)c1C(=O)N1CC[NH+](Cc2ccncc2)CC1. The Morgan fingerprint density at radius 1 is 1.07 bits per heavy atom. The van der Waals surface area contributed by atoms with Gasteiger partial charge in [-0.15, -0.1) is 0 Å². The van der Waals surface area contributed by atoms with E-state index in [1.54, 1.807) is 4.68 Å². The van der Waals surface area contributed by atoms with Gasteiger partial charge in [-0.1, -0.05) is 41.9 Å². The molecule has 0 unspecified atom stereocenters. The fraction of sp³-hybridized carbons (Fsp3) is 0.318. The van der Waals surface area contributed by atoms with Crippen LogP contribution >= 0.6 is 11.6 Å². The van der Waals surface area contributed by atoms with Crippen LogP contribution in [0.3, 0.4) is 0 Å². The first-order chi connectivity index (χ1) is 14.1. The van der Waals surface area contributed by atoms with Gasteiger partial charge in [0.05, 0.1) is 44.0 Å². The molecule has 2 aromatic heterocycles. The lowest BCUT2D eigenvalue weighted by atomic mass is 10.2. The maximum absolute atomic E-state index is 13.1. The highest BCUT2D eigenvalue weighted by atomic mass is 35.5. The molecule has 150 valence electrons. The molecule has 1 amide bonds. The van der Waals surface area contributed by atoms with E-state index in [2.05, 4.69) is 22.2 Å². The van der Waals surface area contributed by atoms with Gasteiger partial charge in [0.15, 0.2) is 0 Å². The monoisotopic (exact) mass is 410 g/mol. The fourth-order valence-corrected chi connectivity index (χ4v) is 4.12. The number of halogens is 1. The van der Waals surface area contributed by atoms with E-state index in [0.29, 0.717) is 23.0 Å². The molecule has 7 heteroatoms. The molecule has 3 heterocycles. The van der Waals surface area contributed by atoms with Crippen molar-refractivity contribution in [3.05, 3.63) is 82.4 Å². The largest absolute Gasteiger partial charge is 0.328 e. The number of rotatable bonds is 5. The van der Waals surface area contributed by atoms with E-state index in [1.165, 1.54) is 10.5 Å². The number of hydrogen-bond acceptors (Lipinski definition) is 3. The Morgan fingerprint density at radius 3 is 2.45 bits per heavy atom. The van der Waals surface area contributed by atoms with E-state index in [0.717, 1.165) is 38.3 Å². The molecule has 1 saturated heterocycles. The number of nitrogens with zero attached hydrogens (tertiary/aromatic N) is 4. The number of amides is 1. The van der Waals surface area contributed by atoms with Crippen LogP contribution in [0.4, 0.5) is 0 Å². The van der Waals surface area contributed by atoms with Crippen LogP contribution in [0, 0.1) is 6.92 Å². The van der Waals surface area contributed by atoms with Crippen molar-refractivity contribution in [2.75, 3.05) is 26.2 Å². The number of carbonyl (C=O) groups is 1. The standard InChI is InChI=1S/C22H24ClN5O/c1-17-20(21(23)28(25-17)16-18-5-3-2-4-6-18)22(29)27-13-11-26(12-14-27)15-19-7-9-24-10-8-19/h2-10H,11-16H2,1H3/p+1. The number of hydrogen-bond donors (Lipinski definition) is 1. The first-order valence-electron chi connectivity index (χ1n) is 9.90. The van der Waals surface area contributed by atoms with E-state index in [1.807, 2.05) is 54.5 Å². The van der Waals surface area contributed by atoms with Crippen molar-refractivity contribution in [1.82, 2.24) is 19.7 Å². The predicted molar refractivity (Wildman–Crippen MR) is 112 cm³/mol. The van der Waals surface area contributed by atoms with Gasteiger partial charge >= 0.3 is 0 Å². The molecule has 0 aliphatic carbocycles.